The molecule has 0 aromatic carbocycles. The van der Waals surface area contributed by atoms with E-state index < -0.39 is 5.54 Å². The van der Waals surface area contributed by atoms with Crippen LogP contribution in [0.2, 0.25) is 0 Å². The average Bonchev–Trinajstić information content (AvgIpc) is 2.24. The maximum atomic E-state index is 9.29. The van der Waals surface area contributed by atoms with Gasteiger partial charge in [-0.3, -0.25) is 0 Å². The van der Waals surface area contributed by atoms with E-state index >= 15 is 0 Å². The third-order valence-electron chi connectivity index (χ3n) is 3.03. The topological polar surface area (TPSA) is 48.5 Å². The number of rotatable bonds is 6. The van der Waals surface area contributed by atoms with E-state index in [1.54, 1.807) is 0 Å². The van der Waals surface area contributed by atoms with Crippen LogP contribution in [0.1, 0.15) is 67.7 Å². The van der Waals surface area contributed by atoms with Gasteiger partial charge in [0.2, 0.25) is 0 Å². The summed E-state index contributed by atoms with van der Waals surface area (Å²) in [6.07, 6.45) is 2.93. The molecule has 0 spiro atoms. The van der Waals surface area contributed by atoms with Crippen LogP contribution >= 0.6 is 0 Å². The molecular formula is C15H29N3. The summed E-state index contributed by atoms with van der Waals surface area (Å²) in [6.45, 7) is 14.7. The molecular weight excluding hydrogens is 222 g/mol. The van der Waals surface area contributed by atoms with E-state index in [0.29, 0.717) is 5.92 Å². The van der Waals surface area contributed by atoms with Gasteiger partial charge in [-0.2, -0.15) is 15.5 Å². The Morgan fingerprint density at radius 3 is 2.11 bits per heavy atom. The molecule has 0 aromatic rings. The lowest BCUT2D eigenvalue weighted by Gasteiger charge is -2.26. The summed E-state index contributed by atoms with van der Waals surface area (Å²) in [5.41, 5.74) is -0.606. The first-order valence-electron chi connectivity index (χ1n) is 6.95. The Morgan fingerprint density at radius 1 is 1.17 bits per heavy atom. The fourth-order valence-electron chi connectivity index (χ4n) is 2.15. The Morgan fingerprint density at radius 2 is 1.72 bits per heavy atom. The molecule has 0 aromatic heterocycles. The SMILES string of the molecule is CCC(C)CC(C)N=NC(C)(C#N)CC(C)(C)C. The van der Waals surface area contributed by atoms with Gasteiger partial charge in [0.1, 0.15) is 0 Å². The van der Waals surface area contributed by atoms with Gasteiger partial charge < -0.3 is 0 Å². The highest BCUT2D eigenvalue weighted by Crippen LogP contribution is 2.30. The standard InChI is InChI=1S/C15H29N3/c1-8-12(2)9-13(3)17-18-15(7,11-16)10-14(4,5)6/h12-13H,8-10H2,1-7H3. The Kier molecular flexibility index (Phi) is 6.52. The molecule has 0 amide bonds. The summed E-state index contributed by atoms with van der Waals surface area (Å²) >= 11 is 0. The molecule has 0 aliphatic carbocycles. The molecule has 0 radical (unpaired) electrons. The number of azo groups is 1. The van der Waals surface area contributed by atoms with Crippen LogP contribution in [-0.2, 0) is 0 Å². The van der Waals surface area contributed by atoms with Gasteiger partial charge in [-0.1, -0.05) is 41.0 Å². The summed E-state index contributed by atoms with van der Waals surface area (Å²) in [5, 5.41) is 17.9. The fraction of sp³-hybridized carbons (Fsp3) is 0.933. The van der Waals surface area contributed by atoms with Crippen molar-refractivity contribution in [2.75, 3.05) is 0 Å². The van der Waals surface area contributed by atoms with E-state index in [4.69, 9.17) is 0 Å². The van der Waals surface area contributed by atoms with Gasteiger partial charge in [0, 0.05) is 0 Å². The molecule has 0 bridgehead atoms. The predicted molar refractivity (Wildman–Crippen MR) is 76.5 cm³/mol. The van der Waals surface area contributed by atoms with Crippen molar-refractivity contribution >= 4 is 0 Å². The lowest BCUT2D eigenvalue weighted by atomic mass is 9.82. The second-order valence-electron chi connectivity index (χ2n) is 6.94. The van der Waals surface area contributed by atoms with Crippen LogP contribution < -0.4 is 0 Å². The van der Waals surface area contributed by atoms with Crippen LogP contribution in [-0.4, -0.2) is 11.6 Å². The molecule has 3 atom stereocenters. The van der Waals surface area contributed by atoms with Crippen LogP contribution in [0.15, 0.2) is 10.2 Å². The maximum Gasteiger partial charge on any atom is 0.165 e. The molecule has 3 nitrogen and oxygen atoms in total. The average molecular weight is 251 g/mol. The molecule has 0 aliphatic heterocycles. The number of nitriles is 1. The van der Waals surface area contributed by atoms with Gasteiger partial charge in [0.05, 0.1) is 12.1 Å². The van der Waals surface area contributed by atoms with E-state index in [0.717, 1.165) is 19.3 Å². The van der Waals surface area contributed by atoms with Gasteiger partial charge in [-0.15, -0.1) is 0 Å². The second-order valence-corrected chi connectivity index (χ2v) is 6.94. The lowest BCUT2D eigenvalue weighted by molar-refractivity contribution is 0.302. The van der Waals surface area contributed by atoms with Crippen molar-refractivity contribution in [3.8, 4) is 6.07 Å². The number of nitrogens with zero attached hydrogens (tertiary/aromatic N) is 3. The molecule has 3 unspecified atom stereocenters. The molecule has 3 heteroatoms. The first-order valence-corrected chi connectivity index (χ1v) is 6.95. The summed E-state index contributed by atoms with van der Waals surface area (Å²) in [6, 6.07) is 2.50. The minimum Gasteiger partial charge on any atom is -0.196 e. The zero-order chi connectivity index (χ0) is 14.4. The summed E-state index contributed by atoms with van der Waals surface area (Å²) in [7, 11) is 0. The first kappa shape index (κ1) is 17.1. The molecule has 18 heavy (non-hydrogen) atoms. The van der Waals surface area contributed by atoms with Crippen LogP contribution in [0.3, 0.4) is 0 Å². The Balaban J connectivity index is 4.58. The minimum absolute atomic E-state index is 0.0868. The highest BCUT2D eigenvalue weighted by atomic mass is 15.2. The van der Waals surface area contributed by atoms with E-state index in [2.05, 4.69) is 57.8 Å². The monoisotopic (exact) mass is 251 g/mol. The summed E-state index contributed by atoms with van der Waals surface area (Å²) in [4.78, 5) is 0. The predicted octanol–water partition coefficient (Wildman–Crippen LogP) is 4.98. The number of hydrogen-bond donors (Lipinski definition) is 0. The van der Waals surface area contributed by atoms with E-state index in [9.17, 15) is 5.26 Å². The third kappa shape index (κ3) is 7.42. The molecule has 0 fully saturated rings. The van der Waals surface area contributed by atoms with E-state index in [1.807, 2.05) is 6.92 Å². The molecule has 0 rings (SSSR count). The van der Waals surface area contributed by atoms with Gasteiger partial charge in [0.15, 0.2) is 5.54 Å². The van der Waals surface area contributed by atoms with Crippen molar-refractivity contribution in [2.45, 2.75) is 79.3 Å². The Hall–Kier alpha value is -0.910. The van der Waals surface area contributed by atoms with Gasteiger partial charge >= 0.3 is 0 Å². The molecule has 0 saturated carbocycles. The van der Waals surface area contributed by atoms with Crippen molar-refractivity contribution in [1.29, 1.82) is 5.26 Å². The van der Waals surface area contributed by atoms with Gasteiger partial charge in [-0.25, -0.2) is 0 Å². The normalized spacial score (nSPS) is 19.2. The minimum atomic E-state index is -0.692. The third-order valence-corrected chi connectivity index (χ3v) is 3.03. The van der Waals surface area contributed by atoms with Crippen LogP contribution in [0, 0.1) is 22.7 Å². The van der Waals surface area contributed by atoms with Gasteiger partial charge in [-0.05, 0) is 38.0 Å². The smallest absolute Gasteiger partial charge is 0.165 e. The Labute approximate surface area is 113 Å². The van der Waals surface area contributed by atoms with E-state index in [-0.39, 0.29) is 11.5 Å². The van der Waals surface area contributed by atoms with Crippen LogP contribution in [0.25, 0.3) is 0 Å². The van der Waals surface area contributed by atoms with Crippen molar-refractivity contribution in [2.24, 2.45) is 21.6 Å². The van der Waals surface area contributed by atoms with Crippen LogP contribution in [0.5, 0.6) is 0 Å². The molecule has 0 saturated heterocycles. The summed E-state index contributed by atoms with van der Waals surface area (Å²) < 4.78 is 0. The first-order chi connectivity index (χ1) is 8.12. The van der Waals surface area contributed by atoms with Crippen molar-refractivity contribution in [3.63, 3.8) is 0 Å². The van der Waals surface area contributed by atoms with Crippen molar-refractivity contribution in [3.05, 3.63) is 0 Å². The fourth-order valence-corrected chi connectivity index (χ4v) is 2.15. The van der Waals surface area contributed by atoms with Crippen molar-refractivity contribution in [1.82, 2.24) is 0 Å². The number of hydrogen-bond acceptors (Lipinski definition) is 3. The van der Waals surface area contributed by atoms with E-state index in [1.165, 1.54) is 0 Å². The summed E-state index contributed by atoms with van der Waals surface area (Å²) in [5.74, 6) is 0.662. The largest absolute Gasteiger partial charge is 0.196 e. The van der Waals surface area contributed by atoms with Crippen LogP contribution in [0.4, 0.5) is 0 Å². The zero-order valence-electron chi connectivity index (χ0n) is 13.1. The highest BCUT2D eigenvalue weighted by molar-refractivity contribution is 5.05. The zero-order valence-corrected chi connectivity index (χ0v) is 13.1. The Bertz CT molecular complexity index is 309. The molecule has 0 aliphatic rings. The van der Waals surface area contributed by atoms with Gasteiger partial charge in [0.25, 0.3) is 0 Å². The highest BCUT2D eigenvalue weighted by Gasteiger charge is 2.30. The molecule has 0 heterocycles. The molecule has 104 valence electrons. The quantitative estimate of drug-likeness (QED) is 0.614. The molecule has 0 N–H and O–H groups in total. The second kappa shape index (κ2) is 6.87. The lowest BCUT2D eigenvalue weighted by Crippen LogP contribution is -2.26. The van der Waals surface area contributed by atoms with Crippen molar-refractivity contribution < 1.29 is 0 Å². The maximum absolute atomic E-state index is 9.29.